The first-order valence-electron chi connectivity index (χ1n) is 13.5. The van der Waals surface area contributed by atoms with E-state index in [-0.39, 0.29) is 24.5 Å². The number of fused-ring (bicyclic) bond motifs is 2. The number of aromatic nitrogens is 1. The quantitative estimate of drug-likeness (QED) is 0.288. The summed E-state index contributed by atoms with van der Waals surface area (Å²) in [4.78, 5) is 33.1. The standard InChI is InChI=1S/C32H28N2O7S/c1-4-38-24-15-19(11-13-22(24)37-3)16-26-30(35)34-29(21-12-14-23-25(17-21)41-18-40-23)27(31(36)39-5-2)28(33-32(34)42-26)20-9-7-6-8-10-20/h6-17,29H,4-5,18H2,1-3H3/t29-/m0/s1. The largest absolute Gasteiger partial charge is 0.493 e. The van der Waals surface area contributed by atoms with Crippen molar-refractivity contribution >= 4 is 29.1 Å². The number of rotatable bonds is 8. The zero-order valence-electron chi connectivity index (χ0n) is 23.3. The Morgan fingerprint density at radius 2 is 1.83 bits per heavy atom. The molecule has 2 aliphatic rings. The molecule has 0 unspecified atom stereocenters. The van der Waals surface area contributed by atoms with Gasteiger partial charge in [0.1, 0.15) is 0 Å². The monoisotopic (exact) mass is 584 g/mol. The molecule has 1 atom stereocenters. The third-order valence-corrected chi connectivity index (χ3v) is 7.85. The molecular formula is C32H28N2O7S. The van der Waals surface area contributed by atoms with Crippen molar-refractivity contribution in [2.75, 3.05) is 27.1 Å². The summed E-state index contributed by atoms with van der Waals surface area (Å²) in [6.45, 7) is 4.38. The highest BCUT2D eigenvalue weighted by molar-refractivity contribution is 7.07. The summed E-state index contributed by atoms with van der Waals surface area (Å²) in [6.07, 6.45) is 1.79. The minimum Gasteiger partial charge on any atom is -0.493 e. The lowest BCUT2D eigenvalue weighted by Gasteiger charge is -2.26. The first-order valence-corrected chi connectivity index (χ1v) is 14.3. The van der Waals surface area contributed by atoms with Crippen LogP contribution in [0.2, 0.25) is 0 Å². The maximum Gasteiger partial charge on any atom is 0.338 e. The lowest BCUT2D eigenvalue weighted by molar-refractivity contribution is -0.138. The fourth-order valence-corrected chi connectivity index (χ4v) is 6.04. The van der Waals surface area contributed by atoms with Gasteiger partial charge in [0.25, 0.3) is 5.56 Å². The first kappa shape index (κ1) is 27.3. The van der Waals surface area contributed by atoms with Crippen molar-refractivity contribution in [3.63, 3.8) is 0 Å². The highest BCUT2D eigenvalue weighted by atomic mass is 32.1. The molecule has 0 bridgehead atoms. The smallest absolute Gasteiger partial charge is 0.338 e. The highest BCUT2D eigenvalue weighted by Crippen LogP contribution is 2.40. The average Bonchev–Trinajstić information content (AvgIpc) is 3.60. The first-order chi connectivity index (χ1) is 20.5. The lowest BCUT2D eigenvalue weighted by Crippen LogP contribution is -2.40. The molecule has 3 heterocycles. The SMILES string of the molecule is CCOC(=O)C1=C(c2ccccc2)N=c2sc(=Cc3ccc(OC)c(OCC)c3)c(=O)n2[C@H]1c1ccc2c(c1)OCO2. The zero-order valence-corrected chi connectivity index (χ0v) is 24.1. The summed E-state index contributed by atoms with van der Waals surface area (Å²) >= 11 is 1.25. The minimum absolute atomic E-state index is 0.100. The van der Waals surface area contributed by atoms with Gasteiger partial charge >= 0.3 is 5.97 Å². The maximum atomic E-state index is 14.1. The molecule has 0 saturated carbocycles. The number of hydrogen-bond donors (Lipinski definition) is 0. The Kier molecular flexibility index (Phi) is 7.54. The van der Waals surface area contributed by atoms with Gasteiger partial charge < -0.3 is 23.7 Å². The van der Waals surface area contributed by atoms with Crippen LogP contribution in [-0.4, -0.2) is 37.7 Å². The van der Waals surface area contributed by atoms with Crippen LogP contribution in [0.4, 0.5) is 0 Å². The molecule has 1 aromatic heterocycles. The van der Waals surface area contributed by atoms with E-state index in [2.05, 4.69) is 0 Å². The molecule has 0 radical (unpaired) electrons. The third-order valence-electron chi connectivity index (χ3n) is 6.87. The predicted molar refractivity (Wildman–Crippen MR) is 158 cm³/mol. The summed E-state index contributed by atoms with van der Waals surface area (Å²) in [5, 5.41) is 0. The Bertz CT molecular complexity index is 1870. The van der Waals surface area contributed by atoms with E-state index < -0.39 is 12.0 Å². The normalized spacial score (nSPS) is 15.7. The Balaban J connectivity index is 1.60. The van der Waals surface area contributed by atoms with E-state index in [9.17, 15) is 9.59 Å². The molecule has 0 N–H and O–H groups in total. The van der Waals surface area contributed by atoms with Gasteiger partial charge in [-0.05, 0) is 55.3 Å². The molecule has 9 nitrogen and oxygen atoms in total. The molecule has 0 amide bonds. The summed E-state index contributed by atoms with van der Waals surface area (Å²) in [5.41, 5.74) is 2.60. The number of carbonyl (C=O) groups excluding carboxylic acids is 1. The summed E-state index contributed by atoms with van der Waals surface area (Å²) in [5.74, 6) is 1.77. The van der Waals surface area contributed by atoms with Crippen LogP contribution >= 0.6 is 11.3 Å². The molecule has 3 aromatic carbocycles. The van der Waals surface area contributed by atoms with E-state index in [4.69, 9.17) is 28.7 Å². The minimum atomic E-state index is -0.818. The van der Waals surface area contributed by atoms with Gasteiger partial charge in [0.05, 0.1) is 42.2 Å². The molecule has 10 heteroatoms. The van der Waals surface area contributed by atoms with E-state index >= 15 is 0 Å². The molecule has 6 rings (SSSR count). The van der Waals surface area contributed by atoms with Crippen LogP contribution in [0.15, 0.2) is 82.1 Å². The number of thiazole rings is 1. The van der Waals surface area contributed by atoms with E-state index in [0.29, 0.717) is 50.2 Å². The summed E-state index contributed by atoms with van der Waals surface area (Å²) < 4.78 is 29.8. The van der Waals surface area contributed by atoms with Crippen molar-refractivity contribution in [2.45, 2.75) is 19.9 Å². The van der Waals surface area contributed by atoms with Crippen molar-refractivity contribution in [2.24, 2.45) is 4.99 Å². The van der Waals surface area contributed by atoms with Crippen molar-refractivity contribution in [1.29, 1.82) is 0 Å². The van der Waals surface area contributed by atoms with Crippen LogP contribution in [0.3, 0.4) is 0 Å². The van der Waals surface area contributed by atoms with E-state index in [0.717, 1.165) is 11.1 Å². The van der Waals surface area contributed by atoms with Gasteiger partial charge in [0.15, 0.2) is 27.8 Å². The molecule has 4 aromatic rings. The van der Waals surface area contributed by atoms with E-state index in [1.807, 2.05) is 55.5 Å². The van der Waals surface area contributed by atoms with Crippen molar-refractivity contribution < 1.29 is 28.5 Å². The maximum absolute atomic E-state index is 14.1. The van der Waals surface area contributed by atoms with Crippen molar-refractivity contribution in [3.05, 3.63) is 109 Å². The fraction of sp³-hybridized carbons (Fsp3) is 0.219. The number of ether oxygens (including phenoxy) is 5. The molecular weight excluding hydrogens is 556 g/mol. The fourth-order valence-electron chi connectivity index (χ4n) is 5.04. The number of nitrogens with zero attached hydrogens (tertiary/aromatic N) is 2. The second-order valence-electron chi connectivity index (χ2n) is 9.39. The molecule has 0 fully saturated rings. The van der Waals surface area contributed by atoms with Crippen LogP contribution in [0.5, 0.6) is 23.0 Å². The summed E-state index contributed by atoms with van der Waals surface area (Å²) in [6, 6.07) is 19.5. The van der Waals surface area contributed by atoms with Crippen LogP contribution in [0.1, 0.15) is 36.6 Å². The van der Waals surface area contributed by atoms with Gasteiger partial charge in [-0.25, -0.2) is 9.79 Å². The topological polar surface area (TPSA) is 97.6 Å². The van der Waals surface area contributed by atoms with Gasteiger partial charge in [0, 0.05) is 5.56 Å². The Labute approximate surface area is 245 Å². The van der Waals surface area contributed by atoms with Gasteiger partial charge in [0.2, 0.25) is 6.79 Å². The van der Waals surface area contributed by atoms with Crippen LogP contribution < -0.4 is 33.8 Å². The third kappa shape index (κ3) is 4.94. The second kappa shape index (κ2) is 11.6. The number of methoxy groups -OCH3 is 1. The molecule has 214 valence electrons. The average molecular weight is 585 g/mol. The number of carbonyl (C=O) groups is 1. The van der Waals surface area contributed by atoms with Gasteiger partial charge in [-0.2, -0.15) is 0 Å². The van der Waals surface area contributed by atoms with E-state index in [1.165, 1.54) is 11.3 Å². The molecule has 42 heavy (non-hydrogen) atoms. The molecule has 0 aliphatic carbocycles. The molecule has 2 aliphatic heterocycles. The van der Waals surface area contributed by atoms with Gasteiger partial charge in [-0.15, -0.1) is 0 Å². The zero-order chi connectivity index (χ0) is 29.2. The Hall–Kier alpha value is -4.83. The molecule has 0 saturated heterocycles. The highest BCUT2D eigenvalue weighted by Gasteiger charge is 2.36. The van der Waals surface area contributed by atoms with Crippen molar-refractivity contribution in [3.8, 4) is 23.0 Å². The number of esters is 1. The predicted octanol–water partition coefficient (Wildman–Crippen LogP) is 4.07. The lowest BCUT2D eigenvalue weighted by atomic mass is 9.93. The number of hydrogen-bond acceptors (Lipinski definition) is 9. The van der Waals surface area contributed by atoms with Crippen LogP contribution in [-0.2, 0) is 9.53 Å². The van der Waals surface area contributed by atoms with Gasteiger partial charge in [-0.3, -0.25) is 9.36 Å². The van der Waals surface area contributed by atoms with Crippen molar-refractivity contribution in [1.82, 2.24) is 4.57 Å². The Morgan fingerprint density at radius 1 is 1.02 bits per heavy atom. The second-order valence-corrected chi connectivity index (χ2v) is 10.4. The van der Waals surface area contributed by atoms with Gasteiger partial charge in [-0.1, -0.05) is 53.8 Å². The van der Waals surface area contributed by atoms with Crippen LogP contribution in [0.25, 0.3) is 11.8 Å². The van der Waals surface area contributed by atoms with Crippen LogP contribution in [0, 0.1) is 0 Å². The molecule has 0 spiro atoms. The number of benzene rings is 3. The van der Waals surface area contributed by atoms with E-state index in [1.54, 1.807) is 42.9 Å². The Morgan fingerprint density at radius 3 is 2.60 bits per heavy atom. The summed E-state index contributed by atoms with van der Waals surface area (Å²) in [7, 11) is 1.58.